The van der Waals surface area contributed by atoms with E-state index in [0.717, 1.165) is 24.6 Å². The van der Waals surface area contributed by atoms with Crippen LogP contribution in [0.15, 0.2) is 64.9 Å². The Bertz CT molecular complexity index is 1020. The minimum Gasteiger partial charge on any atom is -0.291 e. The minimum absolute atomic E-state index is 0.0758. The second-order valence-corrected chi connectivity index (χ2v) is 6.83. The molecule has 3 aromatic rings. The van der Waals surface area contributed by atoms with Gasteiger partial charge in [-0.05, 0) is 30.3 Å². The Labute approximate surface area is 131 Å². The van der Waals surface area contributed by atoms with Gasteiger partial charge in [-0.25, -0.2) is 17.8 Å². The van der Waals surface area contributed by atoms with Crippen LogP contribution < -0.4 is 5.56 Å². The maximum Gasteiger partial charge on any atom is 0.255 e. The number of hydrogen-bond acceptors (Lipinski definition) is 4. The van der Waals surface area contributed by atoms with Crippen molar-refractivity contribution in [2.75, 3.05) is 6.26 Å². The molecule has 6 nitrogen and oxygen atoms in total. The third-order valence-electron chi connectivity index (χ3n) is 3.22. The van der Waals surface area contributed by atoms with Crippen molar-refractivity contribution in [1.29, 1.82) is 0 Å². The third kappa shape index (κ3) is 2.93. The molecule has 0 aliphatic rings. The third-order valence-corrected chi connectivity index (χ3v) is 4.18. The summed E-state index contributed by atoms with van der Waals surface area (Å²) in [5.41, 5.74) is 0.675. The predicted octanol–water partition coefficient (Wildman–Crippen LogP) is 1.57. The normalized spacial score (nSPS) is 11.6. The van der Waals surface area contributed by atoms with Crippen LogP contribution in [0.3, 0.4) is 0 Å². The fraction of sp³-hybridized carbons (Fsp3) is 0.0667. The molecule has 0 spiro atoms. The molecule has 0 saturated carbocycles. The molecule has 0 atom stereocenters. The fourth-order valence-corrected chi connectivity index (χ4v) is 2.97. The molecule has 0 bridgehead atoms. The summed E-state index contributed by atoms with van der Waals surface area (Å²) in [4.78, 5) is 15.6. The average molecular weight is 333 g/mol. The number of nitrogens with zero attached hydrogens (tertiary/aromatic N) is 3. The smallest absolute Gasteiger partial charge is 0.255 e. The highest BCUT2D eigenvalue weighted by atomic mass is 32.2. The van der Waals surface area contributed by atoms with E-state index in [9.17, 15) is 17.6 Å². The van der Waals surface area contributed by atoms with Gasteiger partial charge >= 0.3 is 0 Å². The lowest BCUT2D eigenvalue weighted by molar-refractivity contribution is 0.590. The first kappa shape index (κ1) is 15.2. The highest BCUT2D eigenvalue weighted by Gasteiger charge is 2.15. The summed E-state index contributed by atoms with van der Waals surface area (Å²) in [5, 5.41) is -0.0758. The van der Waals surface area contributed by atoms with E-state index in [0.29, 0.717) is 11.4 Å². The molecular formula is C15H12FN3O3S. The van der Waals surface area contributed by atoms with Crippen LogP contribution in [0.5, 0.6) is 0 Å². The van der Waals surface area contributed by atoms with E-state index >= 15 is 0 Å². The van der Waals surface area contributed by atoms with Gasteiger partial charge in [0.25, 0.3) is 5.56 Å². The number of pyridine rings is 1. The molecule has 0 N–H and O–H groups in total. The van der Waals surface area contributed by atoms with Crippen molar-refractivity contribution in [2.45, 2.75) is 5.16 Å². The second kappa shape index (κ2) is 5.47. The van der Waals surface area contributed by atoms with Crippen LogP contribution >= 0.6 is 0 Å². The highest BCUT2D eigenvalue weighted by Crippen LogP contribution is 2.16. The summed E-state index contributed by atoms with van der Waals surface area (Å²) >= 11 is 0. The maximum absolute atomic E-state index is 13.3. The van der Waals surface area contributed by atoms with Crippen LogP contribution in [-0.4, -0.2) is 28.8 Å². The Kier molecular flexibility index (Phi) is 3.61. The van der Waals surface area contributed by atoms with Crippen molar-refractivity contribution >= 4 is 9.84 Å². The van der Waals surface area contributed by atoms with Crippen LogP contribution in [0.4, 0.5) is 4.39 Å². The van der Waals surface area contributed by atoms with Crippen molar-refractivity contribution in [3.63, 3.8) is 0 Å². The number of imidazole rings is 1. The maximum atomic E-state index is 13.3. The van der Waals surface area contributed by atoms with E-state index in [4.69, 9.17) is 0 Å². The zero-order valence-corrected chi connectivity index (χ0v) is 12.9. The van der Waals surface area contributed by atoms with Gasteiger partial charge in [-0.1, -0.05) is 0 Å². The zero-order valence-electron chi connectivity index (χ0n) is 12.0. The molecule has 0 aliphatic carbocycles. The predicted molar refractivity (Wildman–Crippen MR) is 82.2 cm³/mol. The van der Waals surface area contributed by atoms with Crippen LogP contribution in [0.25, 0.3) is 11.4 Å². The van der Waals surface area contributed by atoms with Gasteiger partial charge in [0.1, 0.15) is 5.82 Å². The number of aromatic nitrogens is 3. The first-order chi connectivity index (χ1) is 10.9. The zero-order chi connectivity index (χ0) is 16.6. The Hall–Kier alpha value is -2.74. The molecule has 0 saturated heterocycles. The van der Waals surface area contributed by atoms with E-state index in [-0.39, 0.29) is 10.7 Å². The Balaban J connectivity index is 2.06. The van der Waals surface area contributed by atoms with Crippen molar-refractivity contribution in [3.05, 3.63) is 71.2 Å². The molecule has 23 heavy (non-hydrogen) atoms. The molecule has 0 amide bonds. The quantitative estimate of drug-likeness (QED) is 0.729. The molecule has 2 aromatic heterocycles. The van der Waals surface area contributed by atoms with Gasteiger partial charge in [0.05, 0.1) is 0 Å². The molecule has 2 heterocycles. The topological polar surface area (TPSA) is 74.0 Å². The van der Waals surface area contributed by atoms with Gasteiger partial charge in [0.15, 0.2) is 0 Å². The Morgan fingerprint density at radius 3 is 2.22 bits per heavy atom. The molecule has 0 aliphatic heterocycles. The Morgan fingerprint density at radius 2 is 1.61 bits per heavy atom. The largest absolute Gasteiger partial charge is 0.291 e. The lowest BCUT2D eigenvalue weighted by Gasteiger charge is -2.09. The number of hydrogen-bond donors (Lipinski definition) is 0. The van der Waals surface area contributed by atoms with Crippen LogP contribution in [0.2, 0.25) is 0 Å². The fourth-order valence-electron chi connectivity index (χ4n) is 2.20. The molecule has 0 fully saturated rings. The Morgan fingerprint density at radius 1 is 1.00 bits per heavy atom. The van der Waals surface area contributed by atoms with Gasteiger partial charge < -0.3 is 0 Å². The molecule has 1 aromatic carbocycles. The van der Waals surface area contributed by atoms with Gasteiger partial charge in [-0.2, -0.15) is 0 Å². The lowest BCUT2D eigenvalue weighted by Crippen LogP contribution is -2.16. The SMILES string of the molecule is CS(=O)(=O)c1nccn1-c1ccc(-n2cc(F)ccc2=O)cc1. The van der Waals surface area contributed by atoms with Gasteiger partial charge in [0, 0.05) is 42.3 Å². The molecule has 0 radical (unpaired) electrons. The molecule has 0 unspecified atom stereocenters. The van der Waals surface area contributed by atoms with Crippen LogP contribution in [-0.2, 0) is 9.84 Å². The standard InChI is InChI=1S/C15H12FN3O3S/c1-23(21,22)15-17-8-9-18(15)12-3-5-13(6-4-12)19-10-11(16)2-7-14(19)20/h2-10H,1H3. The van der Waals surface area contributed by atoms with E-state index < -0.39 is 15.7 Å². The van der Waals surface area contributed by atoms with Crippen molar-refractivity contribution in [3.8, 4) is 11.4 Å². The van der Waals surface area contributed by atoms with E-state index in [2.05, 4.69) is 4.98 Å². The van der Waals surface area contributed by atoms with E-state index in [1.807, 2.05) is 0 Å². The molecule has 118 valence electrons. The van der Waals surface area contributed by atoms with Crippen molar-refractivity contribution in [1.82, 2.24) is 14.1 Å². The summed E-state index contributed by atoms with van der Waals surface area (Å²) in [6.45, 7) is 0. The van der Waals surface area contributed by atoms with Crippen molar-refractivity contribution in [2.24, 2.45) is 0 Å². The molecular weight excluding hydrogens is 321 g/mol. The monoisotopic (exact) mass is 333 g/mol. The van der Waals surface area contributed by atoms with Crippen LogP contribution in [0.1, 0.15) is 0 Å². The number of benzene rings is 1. The first-order valence-corrected chi connectivity index (χ1v) is 8.48. The average Bonchev–Trinajstić information content (AvgIpc) is 3.00. The number of halogens is 1. The summed E-state index contributed by atoms with van der Waals surface area (Å²) < 4.78 is 39.3. The van der Waals surface area contributed by atoms with Gasteiger partial charge in [0.2, 0.25) is 15.0 Å². The summed E-state index contributed by atoms with van der Waals surface area (Å²) in [6.07, 6.45) is 5.09. The summed E-state index contributed by atoms with van der Waals surface area (Å²) in [5.74, 6) is -0.525. The van der Waals surface area contributed by atoms with E-state index in [1.165, 1.54) is 21.5 Å². The number of rotatable bonds is 3. The lowest BCUT2D eigenvalue weighted by atomic mass is 10.2. The van der Waals surface area contributed by atoms with Gasteiger partial charge in [-0.3, -0.25) is 13.9 Å². The summed E-state index contributed by atoms with van der Waals surface area (Å²) in [7, 11) is -3.47. The molecule has 8 heteroatoms. The molecule has 3 rings (SSSR count). The highest BCUT2D eigenvalue weighted by molar-refractivity contribution is 7.90. The summed E-state index contributed by atoms with van der Waals surface area (Å²) in [6, 6.07) is 8.69. The second-order valence-electron chi connectivity index (χ2n) is 4.92. The first-order valence-electron chi connectivity index (χ1n) is 6.59. The van der Waals surface area contributed by atoms with Crippen molar-refractivity contribution < 1.29 is 12.8 Å². The minimum atomic E-state index is -3.47. The van der Waals surface area contributed by atoms with Gasteiger partial charge in [-0.15, -0.1) is 0 Å². The van der Waals surface area contributed by atoms with Crippen LogP contribution in [0, 0.1) is 5.82 Å². The number of sulfone groups is 1. The van der Waals surface area contributed by atoms with E-state index in [1.54, 1.807) is 24.3 Å².